The third kappa shape index (κ3) is 33.8. The lowest BCUT2D eigenvalue weighted by Crippen LogP contribution is -2.62. The van der Waals surface area contributed by atoms with E-state index < -0.39 is 254 Å². The van der Waals surface area contributed by atoms with E-state index in [-0.39, 0.29) is 50.1 Å². The number of carboxylic acids is 2. The number of nitrogens with one attached hydrogen (secondary N) is 13. The van der Waals surface area contributed by atoms with Gasteiger partial charge in [0, 0.05) is 43.4 Å². The highest BCUT2D eigenvalue weighted by Crippen LogP contribution is 2.14. The summed E-state index contributed by atoms with van der Waals surface area (Å²) in [5, 5.41) is 47.4. The van der Waals surface area contributed by atoms with Crippen LogP contribution in [-0.2, 0) is 92.7 Å². The second-order valence-corrected chi connectivity index (χ2v) is 25.0. The van der Waals surface area contributed by atoms with Crippen molar-refractivity contribution in [1.82, 2.24) is 73.8 Å². The SMILES string of the molecule is CC[C@H](C)[C@H](NC(=O)[C@H](CS)NC(=O)[C@H](CCCCN)NC(=O)[C@H](CCC(N)=O)NC(=O)[C@@H](NC(=O)[C@@H](NC(=O)[C@H](Cc1c[nH]cn1)NC(=O)[C@H](CC(N)=O)NC(=O)CNC(=O)[C@H](CC(N)=O)NC(=O)[C@@H](N)CCC(N)=O)C(C)C)C(C)C)C(=O)N[C@@H](CCC(=O)O)C(=O)N[C@@H](CS)C(=O)O. The van der Waals surface area contributed by atoms with Crippen LogP contribution in [0.2, 0.25) is 0 Å². The lowest BCUT2D eigenvalue weighted by Gasteiger charge is -2.30. The summed E-state index contributed by atoms with van der Waals surface area (Å²) in [6.07, 6.45) is -1.42. The third-order valence-corrected chi connectivity index (χ3v) is 16.0. The number of hydrogen-bond acceptors (Lipinski definition) is 23. The Kier molecular flexibility index (Phi) is 40.5. The van der Waals surface area contributed by atoms with Crippen molar-refractivity contribution in [2.24, 2.45) is 52.2 Å². The predicted octanol–water partition coefficient (Wildman–Crippen LogP) is -8.69. The lowest BCUT2D eigenvalue weighted by molar-refractivity contribution is -0.142. The Hall–Kier alpha value is -9.71. The summed E-state index contributed by atoms with van der Waals surface area (Å²) in [6, 6.07) is -18.8. The molecule has 42 heteroatoms. The average molecular weight is 1470 g/mol. The summed E-state index contributed by atoms with van der Waals surface area (Å²) in [6.45, 7) is 8.47. The fourth-order valence-corrected chi connectivity index (χ4v) is 9.76. The van der Waals surface area contributed by atoms with Crippen molar-refractivity contribution < 1.29 is 96.5 Å². The Morgan fingerprint density at radius 2 is 0.871 bits per heavy atom. The fourth-order valence-electron chi connectivity index (χ4n) is 9.25. The summed E-state index contributed by atoms with van der Waals surface area (Å²) >= 11 is 8.15. The minimum atomic E-state index is -1.84. The molecule has 1 aromatic rings. The zero-order valence-corrected chi connectivity index (χ0v) is 58.7. The minimum Gasteiger partial charge on any atom is -0.481 e. The summed E-state index contributed by atoms with van der Waals surface area (Å²) < 4.78 is 0. The molecule has 1 aromatic heterocycles. The normalized spacial score (nSPS) is 14.9. The maximum absolute atomic E-state index is 14.3. The van der Waals surface area contributed by atoms with Crippen molar-refractivity contribution in [2.45, 2.75) is 198 Å². The van der Waals surface area contributed by atoms with Gasteiger partial charge in [0.25, 0.3) is 0 Å². The highest BCUT2D eigenvalue weighted by atomic mass is 32.1. The van der Waals surface area contributed by atoms with E-state index in [9.17, 15) is 96.5 Å². The van der Waals surface area contributed by atoms with Gasteiger partial charge >= 0.3 is 11.9 Å². The number of unbranched alkanes of at least 4 members (excludes halogenated alkanes) is 1. The fraction of sp³-hybridized carbons (Fsp3) is 0.644. The number of amides is 16. The molecule has 40 nitrogen and oxygen atoms in total. The quantitative estimate of drug-likeness (QED) is 0.0213. The minimum absolute atomic E-state index is 0.127. The van der Waals surface area contributed by atoms with Crippen LogP contribution >= 0.6 is 25.3 Å². The standard InChI is InChI=1S/C59H98N20O20S2/c1-7-28(6)47(58(97)72-33(13-16-44(85)86)52(91)76-38(24-101)59(98)99)79-55(94)37(23-100)75-50(89)31(10-8-9-17-60)70-51(90)32(12-15-40(63)81)71-56(95)45(26(2)3)78-57(96)46(27(4)5)77-54(93)34(18-29-21-66-25-68-29)74-53(92)36(20-42(65)83)69-43(84)22-67-49(88)35(19-41(64)82)73-48(87)30(61)11-14-39(62)80/h21,25-28,30-38,45-47,100-101H,7-20,22-24,60-61H2,1-6H3,(H2,62,80)(H2,63,81)(H2,64,82)(H2,65,83)(H,66,68)(H,67,88)(H,69,84)(H,70,90)(H,71,95)(H,72,97)(H,73,87)(H,74,92)(H,75,89)(H,76,91)(H,77,93)(H,78,96)(H,79,94)(H,85,86)(H,98,99)/t28-,30-,31-,32-,33-,34-,35-,36-,37-,38-,45-,46-,47-/m0/s1. The van der Waals surface area contributed by atoms with Crippen LogP contribution < -0.4 is 98.2 Å². The maximum Gasteiger partial charge on any atom is 0.327 e. The van der Waals surface area contributed by atoms with Gasteiger partial charge in [0.2, 0.25) is 94.5 Å². The van der Waals surface area contributed by atoms with E-state index in [2.05, 4.69) is 99.0 Å². The molecule has 0 saturated heterocycles. The molecular formula is C59H98N20O20S2. The molecule has 1 rings (SSSR count). The molecule has 0 saturated carbocycles. The molecule has 0 aromatic carbocycles. The van der Waals surface area contributed by atoms with Gasteiger partial charge in [0.1, 0.15) is 66.5 Å². The van der Waals surface area contributed by atoms with E-state index in [1.54, 1.807) is 13.8 Å². The number of nitrogens with zero attached hydrogens (tertiary/aromatic N) is 1. The zero-order valence-electron chi connectivity index (χ0n) is 56.9. The van der Waals surface area contributed by atoms with Gasteiger partial charge in [-0.15, -0.1) is 0 Å². The lowest BCUT2D eigenvalue weighted by atomic mass is 9.97. The third-order valence-electron chi connectivity index (χ3n) is 15.2. The van der Waals surface area contributed by atoms with Crippen molar-refractivity contribution >= 4 is 132 Å². The molecule has 0 radical (unpaired) electrons. The van der Waals surface area contributed by atoms with Crippen LogP contribution in [0.3, 0.4) is 0 Å². The smallest absolute Gasteiger partial charge is 0.327 e. The van der Waals surface area contributed by atoms with Crippen molar-refractivity contribution in [1.29, 1.82) is 0 Å². The van der Waals surface area contributed by atoms with E-state index in [4.69, 9.17) is 34.4 Å². The number of aliphatic carboxylic acids is 2. The summed E-state index contributed by atoms with van der Waals surface area (Å²) in [7, 11) is 0. The second-order valence-electron chi connectivity index (χ2n) is 24.2. The second kappa shape index (κ2) is 45.9. The molecule has 0 bridgehead atoms. The van der Waals surface area contributed by atoms with Gasteiger partial charge in [-0.25, -0.2) is 9.78 Å². The first-order chi connectivity index (χ1) is 47.3. The molecule has 0 aliphatic heterocycles. The number of nitrogens with two attached hydrogens (primary N) is 6. The molecule has 566 valence electrons. The van der Waals surface area contributed by atoms with Gasteiger partial charge in [-0.2, -0.15) is 25.3 Å². The number of thiol groups is 2. The van der Waals surface area contributed by atoms with Crippen molar-refractivity contribution in [2.75, 3.05) is 24.6 Å². The summed E-state index contributed by atoms with van der Waals surface area (Å²) in [5.74, 6) is -22.2. The van der Waals surface area contributed by atoms with E-state index in [0.717, 1.165) is 0 Å². The number of aromatic nitrogens is 2. The van der Waals surface area contributed by atoms with Crippen LogP contribution in [0.1, 0.15) is 124 Å². The predicted molar refractivity (Wildman–Crippen MR) is 363 cm³/mol. The van der Waals surface area contributed by atoms with Gasteiger partial charge in [0.15, 0.2) is 0 Å². The van der Waals surface area contributed by atoms with E-state index in [1.165, 1.54) is 40.2 Å². The van der Waals surface area contributed by atoms with Gasteiger partial charge < -0.3 is 113 Å². The largest absolute Gasteiger partial charge is 0.481 e. The number of hydrogen-bond donors (Lipinski definition) is 23. The number of carbonyl (C=O) groups excluding carboxylic acids is 16. The molecule has 13 atom stereocenters. The molecule has 101 heavy (non-hydrogen) atoms. The first-order valence-corrected chi connectivity index (χ1v) is 33.4. The first kappa shape index (κ1) is 89.3. The van der Waals surface area contributed by atoms with Crippen LogP contribution in [-0.4, -0.2) is 224 Å². The number of primary amides is 4. The van der Waals surface area contributed by atoms with Crippen molar-refractivity contribution in [3.63, 3.8) is 0 Å². The Morgan fingerprint density at radius 3 is 1.34 bits per heavy atom. The average Bonchev–Trinajstić information content (AvgIpc) is 1.77. The monoisotopic (exact) mass is 1470 g/mol. The number of carbonyl (C=O) groups is 18. The van der Waals surface area contributed by atoms with E-state index in [0.29, 0.717) is 6.42 Å². The molecule has 1 heterocycles. The molecule has 0 fully saturated rings. The molecule has 27 N–H and O–H groups in total. The first-order valence-electron chi connectivity index (χ1n) is 32.1. The van der Waals surface area contributed by atoms with E-state index in [1.807, 2.05) is 0 Å². The number of imidazole rings is 1. The highest BCUT2D eigenvalue weighted by Gasteiger charge is 2.39. The molecule has 0 unspecified atom stereocenters. The molecule has 0 spiro atoms. The molecule has 0 aliphatic carbocycles. The summed E-state index contributed by atoms with van der Waals surface area (Å²) in [5.41, 5.74) is 32.9. The zero-order chi connectivity index (χ0) is 77.0. The van der Waals surface area contributed by atoms with Crippen LogP contribution in [0.5, 0.6) is 0 Å². The van der Waals surface area contributed by atoms with Crippen molar-refractivity contribution in [3.05, 3.63) is 18.2 Å². The van der Waals surface area contributed by atoms with Crippen LogP contribution in [0.15, 0.2) is 12.5 Å². The Bertz CT molecular complexity index is 3070. The van der Waals surface area contributed by atoms with Crippen LogP contribution in [0, 0.1) is 17.8 Å². The molecular weight excluding hydrogens is 1370 g/mol. The van der Waals surface area contributed by atoms with Gasteiger partial charge in [0.05, 0.1) is 37.4 Å². The van der Waals surface area contributed by atoms with Crippen molar-refractivity contribution in [3.8, 4) is 0 Å². The van der Waals surface area contributed by atoms with Gasteiger partial charge in [-0.05, 0) is 62.8 Å². The Balaban J connectivity index is 3.52. The molecule has 0 aliphatic rings. The van der Waals surface area contributed by atoms with Crippen LogP contribution in [0.4, 0.5) is 0 Å². The highest BCUT2D eigenvalue weighted by molar-refractivity contribution is 7.80. The topological polar surface area (TPSA) is 677 Å². The Labute approximate surface area is 592 Å². The van der Waals surface area contributed by atoms with Gasteiger partial charge in [-0.3, -0.25) is 81.5 Å². The summed E-state index contributed by atoms with van der Waals surface area (Å²) in [4.78, 5) is 243. The number of H-pyrrole nitrogens is 1. The Morgan fingerprint density at radius 1 is 0.465 bits per heavy atom. The number of aromatic amines is 1. The van der Waals surface area contributed by atoms with Gasteiger partial charge in [-0.1, -0.05) is 48.0 Å². The maximum atomic E-state index is 14.3. The molecule has 16 amide bonds. The number of rotatable bonds is 50. The van der Waals surface area contributed by atoms with E-state index >= 15 is 0 Å². The number of carboxylic acid groups (broad SMARTS) is 2. The van der Waals surface area contributed by atoms with Crippen LogP contribution in [0.25, 0.3) is 0 Å².